The number of ether oxygens (including phenoxy) is 3. The van der Waals surface area contributed by atoms with Gasteiger partial charge in [0.2, 0.25) is 0 Å². The molecule has 0 saturated carbocycles. The van der Waals surface area contributed by atoms with Crippen molar-refractivity contribution in [2.45, 2.75) is 258 Å². The molecular weight excluding hydrogens is 829 g/mol. The van der Waals surface area contributed by atoms with Gasteiger partial charge < -0.3 is 14.2 Å². The second-order valence-corrected chi connectivity index (χ2v) is 18.1. The Bertz CT molecular complexity index is 1350. The Balaban J connectivity index is 4.35. The van der Waals surface area contributed by atoms with Gasteiger partial charge in [-0.1, -0.05) is 214 Å². The molecule has 0 fully saturated rings. The molecule has 0 spiro atoms. The first-order chi connectivity index (χ1) is 33.0. The summed E-state index contributed by atoms with van der Waals surface area (Å²) in [5.74, 6) is -0.937. The van der Waals surface area contributed by atoms with Crippen LogP contribution >= 0.6 is 0 Å². The van der Waals surface area contributed by atoms with Crippen molar-refractivity contribution in [3.8, 4) is 0 Å². The van der Waals surface area contributed by atoms with Gasteiger partial charge in [-0.3, -0.25) is 14.4 Å². The van der Waals surface area contributed by atoms with Gasteiger partial charge in [0.05, 0.1) is 0 Å². The van der Waals surface area contributed by atoms with Crippen molar-refractivity contribution in [3.63, 3.8) is 0 Å². The van der Waals surface area contributed by atoms with E-state index < -0.39 is 6.10 Å². The van der Waals surface area contributed by atoms with Gasteiger partial charge >= 0.3 is 17.9 Å². The third-order valence-electron chi connectivity index (χ3n) is 11.6. The minimum Gasteiger partial charge on any atom is -0.462 e. The normalized spacial score (nSPS) is 12.8. The number of rotatable bonds is 49. The molecule has 0 aromatic heterocycles. The molecule has 0 aliphatic carbocycles. The highest BCUT2D eigenvalue weighted by Crippen LogP contribution is 2.14. The van der Waals surface area contributed by atoms with E-state index in [1.165, 1.54) is 96.3 Å². The molecule has 0 aliphatic rings. The number of carbonyl (C=O) groups is 3. The van der Waals surface area contributed by atoms with Crippen LogP contribution in [0.3, 0.4) is 0 Å². The van der Waals surface area contributed by atoms with Crippen molar-refractivity contribution in [3.05, 3.63) is 97.2 Å². The summed E-state index contributed by atoms with van der Waals surface area (Å²) in [6, 6.07) is 0. The van der Waals surface area contributed by atoms with Crippen LogP contribution in [-0.2, 0) is 28.6 Å². The highest BCUT2D eigenvalue weighted by molar-refractivity contribution is 5.71. The molecule has 0 radical (unpaired) electrons. The Hall–Kier alpha value is -3.67. The Morgan fingerprint density at radius 1 is 0.313 bits per heavy atom. The Morgan fingerprint density at radius 2 is 0.582 bits per heavy atom. The summed E-state index contributed by atoms with van der Waals surface area (Å²) in [5.41, 5.74) is 0. The van der Waals surface area contributed by atoms with Gasteiger partial charge in [-0.25, -0.2) is 0 Å². The molecule has 1 atom stereocenters. The summed E-state index contributed by atoms with van der Waals surface area (Å²) >= 11 is 0. The third-order valence-corrected chi connectivity index (χ3v) is 11.6. The molecule has 67 heavy (non-hydrogen) atoms. The van der Waals surface area contributed by atoms with Crippen molar-refractivity contribution in [1.82, 2.24) is 0 Å². The first-order valence-corrected chi connectivity index (χ1v) is 27.7. The fraction of sp³-hybridized carbons (Fsp3) is 0.689. The lowest BCUT2D eigenvalue weighted by Gasteiger charge is -2.18. The molecule has 6 nitrogen and oxygen atoms in total. The van der Waals surface area contributed by atoms with E-state index in [0.717, 1.165) is 116 Å². The second-order valence-electron chi connectivity index (χ2n) is 18.1. The zero-order chi connectivity index (χ0) is 48.6. The van der Waals surface area contributed by atoms with Gasteiger partial charge in [0.1, 0.15) is 13.2 Å². The lowest BCUT2D eigenvalue weighted by molar-refractivity contribution is -0.167. The summed E-state index contributed by atoms with van der Waals surface area (Å²) in [4.78, 5) is 38.0. The molecule has 0 N–H and O–H groups in total. The maximum absolute atomic E-state index is 12.8. The molecule has 6 heteroatoms. The minimum absolute atomic E-state index is 0.0946. The molecule has 382 valence electrons. The summed E-state index contributed by atoms with van der Waals surface area (Å²) in [6.45, 7) is 6.36. The standard InChI is InChI=1S/C61H102O6/c1-4-7-10-13-16-19-22-25-26-27-28-29-30-31-32-33-34-37-39-42-45-48-51-54-60(63)66-57-58(67-61(64)55-52-49-46-43-40-36-24-21-18-15-12-9-6-3)56-65-59(62)53-50-47-44-41-38-35-23-20-17-14-11-8-5-2/h7,9-10,12,16,18-21,23,25-26,28-29,36,40,58H,4-6,8,11,13-15,17,22,24,27,30-35,37-39,41-57H2,1-3H3/b10-7-,12-9-,19-16-,21-18-,23-20-,26-25-,29-28-,40-36-. The smallest absolute Gasteiger partial charge is 0.306 e. The Labute approximate surface area is 413 Å². The summed E-state index contributed by atoms with van der Waals surface area (Å²) in [6.07, 6.45) is 72.6. The van der Waals surface area contributed by atoms with E-state index in [9.17, 15) is 14.4 Å². The summed E-state index contributed by atoms with van der Waals surface area (Å²) in [7, 11) is 0. The van der Waals surface area contributed by atoms with E-state index in [2.05, 4.69) is 118 Å². The molecule has 0 amide bonds. The highest BCUT2D eigenvalue weighted by atomic mass is 16.6. The predicted octanol–water partition coefficient (Wildman–Crippen LogP) is 18.5. The second kappa shape index (κ2) is 54.9. The fourth-order valence-electron chi connectivity index (χ4n) is 7.44. The average Bonchev–Trinajstić information content (AvgIpc) is 3.33. The maximum atomic E-state index is 12.8. The minimum atomic E-state index is -0.798. The maximum Gasteiger partial charge on any atom is 0.306 e. The molecule has 0 heterocycles. The van der Waals surface area contributed by atoms with Gasteiger partial charge in [0.15, 0.2) is 6.10 Å². The van der Waals surface area contributed by atoms with Crippen LogP contribution in [0.5, 0.6) is 0 Å². The van der Waals surface area contributed by atoms with E-state index in [1.54, 1.807) is 0 Å². The summed E-state index contributed by atoms with van der Waals surface area (Å²) in [5, 5.41) is 0. The molecule has 1 unspecified atom stereocenters. The van der Waals surface area contributed by atoms with Crippen molar-refractivity contribution in [1.29, 1.82) is 0 Å². The molecule has 0 bridgehead atoms. The quantitative estimate of drug-likeness (QED) is 0.0262. The van der Waals surface area contributed by atoms with E-state index in [1.807, 2.05) is 0 Å². The van der Waals surface area contributed by atoms with Crippen LogP contribution in [0.1, 0.15) is 252 Å². The van der Waals surface area contributed by atoms with Crippen LogP contribution in [0.15, 0.2) is 97.2 Å². The monoisotopic (exact) mass is 931 g/mol. The van der Waals surface area contributed by atoms with Crippen LogP contribution in [0, 0.1) is 0 Å². The van der Waals surface area contributed by atoms with Crippen LogP contribution in [-0.4, -0.2) is 37.2 Å². The van der Waals surface area contributed by atoms with E-state index in [-0.39, 0.29) is 37.5 Å². The number of hydrogen-bond acceptors (Lipinski definition) is 6. The van der Waals surface area contributed by atoms with Gasteiger partial charge in [0.25, 0.3) is 0 Å². The van der Waals surface area contributed by atoms with Crippen molar-refractivity contribution >= 4 is 17.9 Å². The number of esters is 3. The first kappa shape index (κ1) is 63.3. The van der Waals surface area contributed by atoms with Gasteiger partial charge in [-0.15, -0.1) is 0 Å². The van der Waals surface area contributed by atoms with Crippen LogP contribution < -0.4 is 0 Å². The number of hydrogen-bond donors (Lipinski definition) is 0. The Morgan fingerprint density at radius 3 is 0.940 bits per heavy atom. The number of carbonyl (C=O) groups excluding carboxylic acids is 3. The van der Waals surface area contributed by atoms with E-state index >= 15 is 0 Å². The topological polar surface area (TPSA) is 78.9 Å². The average molecular weight is 931 g/mol. The Kier molecular flexibility index (Phi) is 51.9. The highest BCUT2D eigenvalue weighted by Gasteiger charge is 2.19. The molecular formula is C61H102O6. The first-order valence-electron chi connectivity index (χ1n) is 27.7. The lowest BCUT2D eigenvalue weighted by Crippen LogP contribution is -2.30. The molecule has 0 aliphatic heterocycles. The molecule has 0 aromatic carbocycles. The van der Waals surface area contributed by atoms with Crippen LogP contribution in [0.2, 0.25) is 0 Å². The van der Waals surface area contributed by atoms with Crippen molar-refractivity contribution in [2.75, 3.05) is 13.2 Å². The zero-order valence-electron chi connectivity index (χ0n) is 43.6. The molecule has 0 saturated heterocycles. The zero-order valence-corrected chi connectivity index (χ0v) is 43.6. The van der Waals surface area contributed by atoms with Gasteiger partial charge in [-0.2, -0.15) is 0 Å². The predicted molar refractivity (Wildman–Crippen MR) is 288 cm³/mol. The van der Waals surface area contributed by atoms with Gasteiger partial charge in [0, 0.05) is 19.3 Å². The third kappa shape index (κ3) is 53.2. The largest absolute Gasteiger partial charge is 0.462 e. The van der Waals surface area contributed by atoms with Gasteiger partial charge in [-0.05, 0) is 116 Å². The SMILES string of the molecule is CC/C=C\C/C=C\C/C=C\C/C=C\CCCCCCCCCCCCC(=O)OCC(COC(=O)CCCCCCC/C=C\CCCCCC)OC(=O)CCCCC/C=C\C/C=C\C/C=C\CC. The molecule has 0 aromatic rings. The van der Waals surface area contributed by atoms with Crippen LogP contribution in [0.4, 0.5) is 0 Å². The van der Waals surface area contributed by atoms with Crippen molar-refractivity contribution < 1.29 is 28.6 Å². The van der Waals surface area contributed by atoms with Crippen LogP contribution in [0.25, 0.3) is 0 Å². The number of allylic oxidation sites excluding steroid dienone is 16. The van der Waals surface area contributed by atoms with Crippen molar-refractivity contribution in [2.24, 2.45) is 0 Å². The van der Waals surface area contributed by atoms with E-state index in [4.69, 9.17) is 14.2 Å². The summed E-state index contributed by atoms with van der Waals surface area (Å²) < 4.78 is 16.8. The number of unbranched alkanes of at least 4 members (excludes halogenated alkanes) is 22. The van der Waals surface area contributed by atoms with E-state index in [0.29, 0.717) is 12.8 Å². The lowest BCUT2D eigenvalue weighted by atomic mass is 10.1. The molecule has 0 rings (SSSR count). The fourth-order valence-corrected chi connectivity index (χ4v) is 7.44.